The van der Waals surface area contributed by atoms with E-state index >= 15 is 0 Å². The molecule has 15 heavy (non-hydrogen) atoms. The second-order valence-corrected chi connectivity index (χ2v) is 3.44. The van der Waals surface area contributed by atoms with E-state index in [1.807, 2.05) is 17.8 Å². The molecule has 0 radical (unpaired) electrons. The molecule has 0 atom stereocenters. The van der Waals surface area contributed by atoms with Gasteiger partial charge in [-0.1, -0.05) is 6.92 Å². The summed E-state index contributed by atoms with van der Waals surface area (Å²) in [5.41, 5.74) is 2.52. The van der Waals surface area contributed by atoms with E-state index in [0.717, 1.165) is 26.1 Å². The minimum absolute atomic E-state index is 0.875. The van der Waals surface area contributed by atoms with Crippen molar-refractivity contribution in [3.63, 3.8) is 0 Å². The van der Waals surface area contributed by atoms with Crippen LogP contribution in [0, 0.1) is 18.8 Å². The maximum Gasteiger partial charge on any atom is 0.0537 e. The van der Waals surface area contributed by atoms with Crippen LogP contribution in [-0.2, 0) is 13.1 Å². The smallest absolute Gasteiger partial charge is 0.0537 e. The second kappa shape index (κ2) is 6.26. The number of hydrogen-bond acceptors (Lipinski definition) is 2. The standard InChI is InChI=1S/C12H19N3/c1-4-6-7-8-15-11(3)12(10-14-15)9-13-5-2/h10,13H,5,7-9H2,1-3H3. The molecule has 0 fully saturated rings. The number of nitrogens with one attached hydrogen (secondary N) is 1. The lowest BCUT2D eigenvalue weighted by molar-refractivity contribution is 0.609. The Balaban J connectivity index is 2.57. The van der Waals surface area contributed by atoms with Crippen LogP contribution in [-0.4, -0.2) is 16.3 Å². The fourth-order valence-electron chi connectivity index (χ4n) is 1.43. The van der Waals surface area contributed by atoms with Gasteiger partial charge in [-0.25, -0.2) is 0 Å². The van der Waals surface area contributed by atoms with Gasteiger partial charge < -0.3 is 5.32 Å². The minimum atomic E-state index is 0.875. The Kier molecular flexibility index (Phi) is 4.92. The van der Waals surface area contributed by atoms with Gasteiger partial charge in [0.25, 0.3) is 0 Å². The Labute approximate surface area is 91.9 Å². The first-order chi connectivity index (χ1) is 7.29. The number of nitrogens with zero attached hydrogens (tertiary/aromatic N) is 2. The third kappa shape index (κ3) is 3.41. The quantitative estimate of drug-likeness (QED) is 0.742. The molecule has 1 rings (SSSR count). The molecule has 82 valence electrons. The van der Waals surface area contributed by atoms with Crippen molar-refractivity contribution in [2.45, 2.75) is 40.3 Å². The summed E-state index contributed by atoms with van der Waals surface area (Å²) in [6, 6.07) is 0. The fraction of sp³-hybridized carbons (Fsp3) is 0.583. The predicted molar refractivity (Wildman–Crippen MR) is 62.4 cm³/mol. The van der Waals surface area contributed by atoms with Crippen LogP contribution >= 0.6 is 0 Å². The molecule has 0 aliphatic carbocycles. The van der Waals surface area contributed by atoms with Gasteiger partial charge in [0.1, 0.15) is 0 Å². The number of rotatable bonds is 5. The monoisotopic (exact) mass is 205 g/mol. The van der Waals surface area contributed by atoms with Crippen LogP contribution in [0.3, 0.4) is 0 Å². The number of hydrogen-bond donors (Lipinski definition) is 1. The molecule has 0 spiro atoms. The summed E-state index contributed by atoms with van der Waals surface area (Å²) in [5.74, 6) is 5.94. The van der Waals surface area contributed by atoms with Crippen molar-refractivity contribution in [1.82, 2.24) is 15.1 Å². The fourth-order valence-corrected chi connectivity index (χ4v) is 1.43. The summed E-state index contributed by atoms with van der Waals surface area (Å²) >= 11 is 0. The molecular formula is C12H19N3. The van der Waals surface area contributed by atoms with E-state index in [0.29, 0.717) is 0 Å². The van der Waals surface area contributed by atoms with Gasteiger partial charge in [0.2, 0.25) is 0 Å². The van der Waals surface area contributed by atoms with Crippen LogP contribution in [0.1, 0.15) is 31.5 Å². The molecule has 3 nitrogen and oxygen atoms in total. The summed E-state index contributed by atoms with van der Waals surface area (Å²) < 4.78 is 2.02. The highest BCUT2D eigenvalue weighted by molar-refractivity contribution is 5.15. The van der Waals surface area contributed by atoms with Crippen LogP contribution < -0.4 is 5.32 Å². The van der Waals surface area contributed by atoms with E-state index < -0.39 is 0 Å². The van der Waals surface area contributed by atoms with Gasteiger partial charge in [-0.2, -0.15) is 5.10 Å². The lowest BCUT2D eigenvalue weighted by Gasteiger charge is -2.03. The van der Waals surface area contributed by atoms with Crippen molar-refractivity contribution >= 4 is 0 Å². The van der Waals surface area contributed by atoms with E-state index in [2.05, 4.69) is 36.1 Å². The van der Waals surface area contributed by atoms with E-state index in [1.54, 1.807) is 0 Å². The summed E-state index contributed by atoms with van der Waals surface area (Å²) in [4.78, 5) is 0. The molecule has 0 saturated carbocycles. The van der Waals surface area contributed by atoms with Crippen LogP contribution in [0.4, 0.5) is 0 Å². The normalized spacial score (nSPS) is 9.80. The summed E-state index contributed by atoms with van der Waals surface area (Å²) in [5, 5.41) is 7.65. The van der Waals surface area contributed by atoms with Crippen molar-refractivity contribution in [2.75, 3.05) is 6.54 Å². The van der Waals surface area contributed by atoms with Crippen LogP contribution in [0.5, 0.6) is 0 Å². The van der Waals surface area contributed by atoms with Crippen molar-refractivity contribution in [2.24, 2.45) is 0 Å². The van der Waals surface area contributed by atoms with Crippen molar-refractivity contribution in [1.29, 1.82) is 0 Å². The van der Waals surface area contributed by atoms with Gasteiger partial charge in [0.05, 0.1) is 12.7 Å². The molecule has 0 saturated heterocycles. The van der Waals surface area contributed by atoms with Crippen molar-refractivity contribution < 1.29 is 0 Å². The Hall–Kier alpha value is -1.27. The van der Waals surface area contributed by atoms with E-state index in [1.165, 1.54) is 11.3 Å². The van der Waals surface area contributed by atoms with Crippen LogP contribution in [0.25, 0.3) is 0 Å². The SMILES string of the molecule is CC#CCCn1ncc(CNCC)c1C. The molecule has 0 aromatic carbocycles. The molecule has 1 aromatic heterocycles. The highest BCUT2D eigenvalue weighted by atomic mass is 15.3. The van der Waals surface area contributed by atoms with Crippen molar-refractivity contribution in [3.05, 3.63) is 17.5 Å². The summed E-state index contributed by atoms with van der Waals surface area (Å²) in [6.45, 7) is 8.87. The maximum absolute atomic E-state index is 4.35. The first kappa shape index (κ1) is 11.8. The van der Waals surface area contributed by atoms with Gasteiger partial charge in [-0.3, -0.25) is 4.68 Å². The minimum Gasteiger partial charge on any atom is -0.313 e. The van der Waals surface area contributed by atoms with Gasteiger partial charge in [-0.15, -0.1) is 11.8 Å². The van der Waals surface area contributed by atoms with Gasteiger partial charge in [0, 0.05) is 24.2 Å². The Morgan fingerprint density at radius 3 is 3.00 bits per heavy atom. The Bertz CT molecular complexity index is 355. The molecule has 0 amide bonds. The number of aryl methyl sites for hydroxylation is 1. The first-order valence-electron chi connectivity index (χ1n) is 5.41. The lowest BCUT2D eigenvalue weighted by Crippen LogP contribution is -2.12. The lowest BCUT2D eigenvalue weighted by atomic mass is 10.2. The Morgan fingerprint density at radius 1 is 1.53 bits per heavy atom. The molecule has 1 aromatic rings. The summed E-state index contributed by atoms with van der Waals surface area (Å²) in [6.07, 6.45) is 2.82. The van der Waals surface area contributed by atoms with Crippen molar-refractivity contribution in [3.8, 4) is 11.8 Å². The topological polar surface area (TPSA) is 29.9 Å². The number of aromatic nitrogens is 2. The largest absolute Gasteiger partial charge is 0.313 e. The van der Waals surface area contributed by atoms with Crippen LogP contribution in [0.15, 0.2) is 6.20 Å². The highest BCUT2D eigenvalue weighted by Gasteiger charge is 2.04. The molecule has 1 N–H and O–H groups in total. The zero-order valence-corrected chi connectivity index (χ0v) is 9.80. The molecule has 0 unspecified atom stereocenters. The Morgan fingerprint density at radius 2 is 2.33 bits per heavy atom. The summed E-state index contributed by atoms with van der Waals surface area (Å²) in [7, 11) is 0. The first-order valence-corrected chi connectivity index (χ1v) is 5.41. The zero-order valence-electron chi connectivity index (χ0n) is 9.80. The van der Waals surface area contributed by atoms with Crippen LogP contribution in [0.2, 0.25) is 0 Å². The average molecular weight is 205 g/mol. The molecule has 0 aliphatic heterocycles. The molecule has 3 heteroatoms. The van der Waals surface area contributed by atoms with E-state index in [-0.39, 0.29) is 0 Å². The maximum atomic E-state index is 4.35. The zero-order chi connectivity index (χ0) is 11.1. The molecule has 0 aliphatic rings. The highest BCUT2D eigenvalue weighted by Crippen LogP contribution is 2.07. The van der Waals surface area contributed by atoms with Gasteiger partial charge in [0.15, 0.2) is 0 Å². The average Bonchev–Trinajstić information content (AvgIpc) is 2.58. The molecular weight excluding hydrogens is 186 g/mol. The second-order valence-electron chi connectivity index (χ2n) is 3.44. The van der Waals surface area contributed by atoms with E-state index in [4.69, 9.17) is 0 Å². The third-order valence-corrected chi connectivity index (χ3v) is 2.40. The van der Waals surface area contributed by atoms with E-state index in [9.17, 15) is 0 Å². The third-order valence-electron chi connectivity index (χ3n) is 2.40. The molecule has 0 bridgehead atoms. The molecule has 1 heterocycles. The van der Waals surface area contributed by atoms with Gasteiger partial charge >= 0.3 is 0 Å². The predicted octanol–water partition coefficient (Wildman–Crippen LogP) is 1.71. The van der Waals surface area contributed by atoms with Gasteiger partial charge in [-0.05, 0) is 20.4 Å².